The van der Waals surface area contributed by atoms with Crippen LogP contribution in [0.4, 0.5) is 0 Å². The zero-order chi connectivity index (χ0) is 21.9. The Morgan fingerprint density at radius 1 is 0.719 bits per heavy atom. The Hall–Kier alpha value is -3.42. The van der Waals surface area contributed by atoms with E-state index in [0.29, 0.717) is 24.2 Å². The Morgan fingerprint density at radius 2 is 1.16 bits per heavy atom. The number of imidazole rings is 2. The molecule has 2 aliphatic heterocycles. The second kappa shape index (κ2) is 8.98. The van der Waals surface area contributed by atoms with Crippen LogP contribution in [0.1, 0.15) is 69.4 Å². The molecule has 0 unspecified atom stereocenters. The highest BCUT2D eigenvalue weighted by Crippen LogP contribution is 2.16. The summed E-state index contributed by atoms with van der Waals surface area (Å²) < 4.78 is 4.36. The highest BCUT2D eigenvalue weighted by molar-refractivity contribution is 5.97. The van der Waals surface area contributed by atoms with E-state index in [-0.39, 0.29) is 11.8 Å². The average molecular weight is 433 g/mol. The van der Waals surface area contributed by atoms with Gasteiger partial charge in [-0.2, -0.15) is 0 Å². The van der Waals surface area contributed by atoms with Gasteiger partial charge in [0.05, 0.1) is 24.5 Å². The number of aromatic nitrogens is 4. The number of aryl methyl sites for hydroxylation is 4. The van der Waals surface area contributed by atoms with E-state index in [0.717, 1.165) is 49.0 Å². The molecule has 0 spiro atoms. The fraction of sp³-hybridized carbons (Fsp3) is 0.417. The Bertz CT molecular complexity index is 992. The van der Waals surface area contributed by atoms with Crippen LogP contribution in [0.5, 0.6) is 0 Å². The van der Waals surface area contributed by atoms with Crippen LogP contribution in [0.3, 0.4) is 0 Å². The third-order valence-corrected chi connectivity index (χ3v) is 6.19. The van der Waals surface area contributed by atoms with Crippen molar-refractivity contribution in [2.24, 2.45) is 0 Å². The maximum absolute atomic E-state index is 12.5. The number of nitrogens with zero attached hydrogens (tertiary/aromatic N) is 4. The van der Waals surface area contributed by atoms with Crippen molar-refractivity contribution in [1.82, 2.24) is 29.7 Å². The standard InChI is InChI=1S/C24H28N6O2/c31-23(25-13-19-15-29-11-3-1-5-21(29)27-19)17-7-9-18(10-8-17)24(32)26-14-20-16-30-12-4-2-6-22(30)28-20/h7-10,15-16H,1-6,11-14H2,(H,25,31)(H,26,32). The minimum atomic E-state index is -0.175. The first-order valence-electron chi connectivity index (χ1n) is 11.4. The fourth-order valence-electron chi connectivity index (χ4n) is 4.43. The molecule has 1 aromatic carbocycles. The van der Waals surface area contributed by atoms with E-state index >= 15 is 0 Å². The van der Waals surface area contributed by atoms with Crippen LogP contribution in [0.15, 0.2) is 36.7 Å². The van der Waals surface area contributed by atoms with E-state index in [1.54, 1.807) is 24.3 Å². The first-order chi connectivity index (χ1) is 15.7. The van der Waals surface area contributed by atoms with Crippen molar-refractivity contribution in [3.05, 3.63) is 70.8 Å². The maximum atomic E-state index is 12.5. The predicted molar refractivity (Wildman–Crippen MR) is 119 cm³/mol. The highest BCUT2D eigenvalue weighted by atomic mass is 16.2. The summed E-state index contributed by atoms with van der Waals surface area (Å²) in [5, 5.41) is 5.84. The predicted octanol–water partition coefficient (Wildman–Crippen LogP) is 2.61. The van der Waals surface area contributed by atoms with Gasteiger partial charge in [-0.05, 0) is 49.9 Å². The van der Waals surface area contributed by atoms with Crippen LogP contribution in [-0.2, 0) is 39.0 Å². The zero-order valence-corrected chi connectivity index (χ0v) is 18.1. The van der Waals surface area contributed by atoms with E-state index in [1.165, 1.54) is 25.7 Å². The molecule has 8 heteroatoms. The van der Waals surface area contributed by atoms with Crippen molar-refractivity contribution >= 4 is 11.8 Å². The maximum Gasteiger partial charge on any atom is 0.251 e. The molecule has 8 nitrogen and oxygen atoms in total. The first kappa shape index (κ1) is 20.5. The molecular weight excluding hydrogens is 404 g/mol. The Morgan fingerprint density at radius 3 is 1.56 bits per heavy atom. The summed E-state index contributed by atoms with van der Waals surface area (Å²) in [6.07, 6.45) is 10.8. The summed E-state index contributed by atoms with van der Waals surface area (Å²) in [5.41, 5.74) is 2.80. The SMILES string of the molecule is O=C(NCc1cn2c(n1)CCCC2)c1ccc(C(=O)NCc2cn3c(n2)CCCC3)cc1. The molecule has 0 saturated carbocycles. The normalized spacial score (nSPS) is 15.0. The summed E-state index contributed by atoms with van der Waals surface area (Å²) in [6.45, 7) is 2.80. The summed E-state index contributed by atoms with van der Waals surface area (Å²) in [4.78, 5) is 34.2. The van der Waals surface area contributed by atoms with Gasteiger partial charge in [-0.1, -0.05) is 0 Å². The number of fused-ring (bicyclic) bond motifs is 2. The molecular formula is C24H28N6O2. The first-order valence-corrected chi connectivity index (χ1v) is 11.4. The monoisotopic (exact) mass is 432 g/mol. The number of hydrogen-bond donors (Lipinski definition) is 2. The summed E-state index contributed by atoms with van der Waals surface area (Å²) in [6, 6.07) is 6.71. The van der Waals surface area contributed by atoms with Gasteiger partial charge in [0.2, 0.25) is 0 Å². The van der Waals surface area contributed by atoms with Gasteiger partial charge in [-0.15, -0.1) is 0 Å². The van der Waals surface area contributed by atoms with Crippen molar-refractivity contribution in [2.45, 2.75) is 64.7 Å². The lowest BCUT2D eigenvalue weighted by atomic mass is 10.1. The number of carbonyl (C=O) groups excluding carboxylic acids is 2. The second-order valence-corrected chi connectivity index (χ2v) is 8.54. The third-order valence-electron chi connectivity index (χ3n) is 6.19. The van der Waals surface area contributed by atoms with Crippen molar-refractivity contribution in [1.29, 1.82) is 0 Å². The van der Waals surface area contributed by atoms with Gasteiger partial charge in [-0.25, -0.2) is 9.97 Å². The number of amides is 2. The molecule has 0 radical (unpaired) electrons. The molecule has 0 fully saturated rings. The summed E-state index contributed by atoms with van der Waals surface area (Å²) >= 11 is 0. The Labute approximate surface area is 187 Å². The Balaban J connectivity index is 1.13. The highest BCUT2D eigenvalue weighted by Gasteiger charge is 2.15. The molecule has 166 valence electrons. The topological polar surface area (TPSA) is 93.8 Å². The number of carbonyl (C=O) groups is 2. The van der Waals surface area contributed by atoms with Gasteiger partial charge in [0.1, 0.15) is 11.6 Å². The van der Waals surface area contributed by atoms with Crippen LogP contribution in [0, 0.1) is 0 Å². The number of hydrogen-bond acceptors (Lipinski definition) is 4. The lowest BCUT2D eigenvalue weighted by Gasteiger charge is -2.11. The van der Waals surface area contributed by atoms with E-state index in [1.807, 2.05) is 12.4 Å². The van der Waals surface area contributed by atoms with Gasteiger partial charge in [0.25, 0.3) is 11.8 Å². The van der Waals surface area contributed by atoms with Crippen LogP contribution in [-0.4, -0.2) is 30.9 Å². The van der Waals surface area contributed by atoms with E-state index in [2.05, 4.69) is 29.7 Å². The molecule has 32 heavy (non-hydrogen) atoms. The van der Waals surface area contributed by atoms with Crippen molar-refractivity contribution in [3.8, 4) is 0 Å². The molecule has 3 aromatic rings. The quantitative estimate of drug-likeness (QED) is 0.626. The van der Waals surface area contributed by atoms with Crippen LogP contribution >= 0.6 is 0 Å². The van der Waals surface area contributed by atoms with Crippen molar-refractivity contribution < 1.29 is 9.59 Å². The molecule has 0 bridgehead atoms. The van der Waals surface area contributed by atoms with Crippen molar-refractivity contribution in [2.75, 3.05) is 0 Å². The number of rotatable bonds is 6. The average Bonchev–Trinajstić information content (AvgIpc) is 3.44. The minimum Gasteiger partial charge on any atom is -0.346 e. The Kier molecular flexibility index (Phi) is 5.75. The summed E-state index contributed by atoms with van der Waals surface area (Å²) in [5.74, 6) is 1.86. The van der Waals surface area contributed by atoms with Crippen LogP contribution in [0.2, 0.25) is 0 Å². The van der Waals surface area contributed by atoms with E-state index < -0.39 is 0 Å². The fourth-order valence-corrected chi connectivity index (χ4v) is 4.43. The van der Waals surface area contributed by atoms with Gasteiger partial charge >= 0.3 is 0 Å². The number of nitrogens with one attached hydrogen (secondary N) is 2. The van der Waals surface area contributed by atoms with Crippen molar-refractivity contribution in [3.63, 3.8) is 0 Å². The van der Waals surface area contributed by atoms with Gasteiger partial charge in [0.15, 0.2) is 0 Å². The molecule has 4 heterocycles. The van der Waals surface area contributed by atoms with Gasteiger partial charge in [0, 0.05) is 49.5 Å². The molecule has 5 rings (SSSR count). The van der Waals surface area contributed by atoms with Gasteiger partial charge < -0.3 is 19.8 Å². The number of benzene rings is 1. The molecule has 2 aromatic heterocycles. The summed E-state index contributed by atoms with van der Waals surface area (Å²) in [7, 11) is 0. The minimum absolute atomic E-state index is 0.175. The molecule has 0 aliphatic carbocycles. The third kappa shape index (κ3) is 4.44. The largest absolute Gasteiger partial charge is 0.346 e. The zero-order valence-electron chi connectivity index (χ0n) is 18.1. The molecule has 0 saturated heterocycles. The smallest absolute Gasteiger partial charge is 0.251 e. The lowest BCUT2D eigenvalue weighted by molar-refractivity contribution is 0.0938. The van der Waals surface area contributed by atoms with Crippen LogP contribution in [0.25, 0.3) is 0 Å². The molecule has 2 N–H and O–H groups in total. The van der Waals surface area contributed by atoms with E-state index in [9.17, 15) is 9.59 Å². The van der Waals surface area contributed by atoms with Crippen LogP contribution < -0.4 is 10.6 Å². The van der Waals surface area contributed by atoms with Gasteiger partial charge in [-0.3, -0.25) is 9.59 Å². The second-order valence-electron chi connectivity index (χ2n) is 8.54. The molecule has 2 amide bonds. The molecule has 0 atom stereocenters. The molecule has 2 aliphatic rings. The lowest BCUT2D eigenvalue weighted by Crippen LogP contribution is -2.24. The van der Waals surface area contributed by atoms with E-state index in [4.69, 9.17) is 0 Å².